The minimum atomic E-state index is 0. The lowest BCUT2D eigenvalue weighted by atomic mass is 9.86. The van der Waals surface area contributed by atoms with Gasteiger partial charge in [0.25, 0.3) is 0 Å². The van der Waals surface area contributed by atoms with Crippen molar-refractivity contribution in [1.29, 1.82) is 0 Å². The minimum Gasteiger partial charge on any atom is -0.379 e. The third-order valence-electron chi connectivity index (χ3n) is 3.01. The lowest BCUT2D eigenvalue weighted by molar-refractivity contribution is 0.0735. The Morgan fingerprint density at radius 3 is 2.88 bits per heavy atom. The number of halogens is 1. The molecule has 2 N–H and O–H groups in total. The molecule has 0 radical (unpaired) electrons. The average Bonchev–Trinajstić information content (AvgIpc) is 2.22. The molecule has 1 aliphatic carbocycles. The normalized spacial score (nSPS) is 20.1. The largest absolute Gasteiger partial charge is 0.379 e. The van der Waals surface area contributed by atoms with Crippen LogP contribution in [0.5, 0.6) is 0 Å². The molecule has 0 amide bonds. The van der Waals surface area contributed by atoms with Gasteiger partial charge in [0, 0.05) is 26.2 Å². The summed E-state index contributed by atoms with van der Waals surface area (Å²) in [4.78, 5) is 4.33. The Kier molecular flexibility index (Phi) is 7.11. The summed E-state index contributed by atoms with van der Waals surface area (Å²) in [5.74, 6) is 1.78. The van der Waals surface area contributed by atoms with Crippen molar-refractivity contribution >= 4 is 29.9 Å². The van der Waals surface area contributed by atoms with Gasteiger partial charge in [0.2, 0.25) is 0 Å². The van der Waals surface area contributed by atoms with E-state index in [1.54, 1.807) is 0 Å². The Morgan fingerprint density at radius 1 is 1.38 bits per heavy atom. The van der Waals surface area contributed by atoms with Gasteiger partial charge in [0.1, 0.15) is 0 Å². The van der Waals surface area contributed by atoms with Crippen LogP contribution in [0.15, 0.2) is 4.99 Å². The zero-order valence-electron chi connectivity index (χ0n) is 9.71. The van der Waals surface area contributed by atoms with Crippen LogP contribution >= 0.6 is 24.0 Å². The molecular formula is C11H22IN3O. The maximum Gasteiger partial charge on any atom is 0.191 e. The van der Waals surface area contributed by atoms with Gasteiger partial charge in [-0.15, -0.1) is 24.0 Å². The molecule has 0 aromatic carbocycles. The van der Waals surface area contributed by atoms with E-state index in [4.69, 9.17) is 4.74 Å². The molecule has 1 heterocycles. The van der Waals surface area contributed by atoms with Crippen LogP contribution in [-0.2, 0) is 4.74 Å². The van der Waals surface area contributed by atoms with Crippen LogP contribution in [0, 0.1) is 5.92 Å². The van der Waals surface area contributed by atoms with Crippen molar-refractivity contribution < 1.29 is 4.74 Å². The summed E-state index contributed by atoms with van der Waals surface area (Å²) in [5, 5.41) is 6.47. The van der Waals surface area contributed by atoms with Crippen molar-refractivity contribution in [3.8, 4) is 0 Å². The number of guanidine groups is 1. The maximum atomic E-state index is 5.58. The first-order chi connectivity index (χ1) is 7.45. The molecule has 0 aromatic heterocycles. The highest BCUT2D eigenvalue weighted by Crippen LogP contribution is 2.25. The number of hydrogen-bond donors (Lipinski definition) is 2. The van der Waals surface area contributed by atoms with Crippen molar-refractivity contribution in [2.45, 2.75) is 25.7 Å². The average molecular weight is 339 g/mol. The maximum absolute atomic E-state index is 5.58. The molecule has 1 fully saturated rings. The fourth-order valence-electron chi connectivity index (χ4n) is 1.80. The van der Waals surface area contributed by atoms with E-state index in [1.807, 2.05) is 0 Å². The monoisotopic (exact) mass is 339 g/mol. The van der Waals surface area contributed by atoms with Crippen molar-refractivity contribution in [2.24, 2.45) is 10.9 Å². The van der Waals surface area contributed by atoms with Gasteiger partial charge >= 0.3 is 0 Å². The molecule has 16 heavy (non-hydrogen) atoms. The van der Waals surface area contributed by atoms with E-state index in [9.17, 15) is 0 Å². The third-order valence-corrected chi connectivity index (χ3v) is 3.01. The quantitative estimate of drug-likeness (QED) is 0.587. The van der Waals surface area contributed by atoms with Crippen molar-refractivity contribution in [1.82, 2.24) is 10.6 Å². The number of nitrogens with zero attached hydrogens (tertiary/aromatic N) is 1. The van der Waals surface area contributed by atoms with E-state index in [2.05, 4.69) is 15.6 Å². The molecule has 0 atom stereocenters. The van der Waals surface area contributed by atoms with Gasteiger partial charge in [-0.3, -0.25) is 4.99 Å². The van der Waals surface area contributed by atoms with Crippen LogP contribution in [-0.4, -0.2) is 38.8 Å². The number of nitrogens with one attached hydrogen (secondary N) is 2. The van der Waals surface area contributed by atoms with E-state index >= 15 is 0 Å². The molecule has 5 heteroatoms. The molecule has 0 aromatic rings. The Labute approximate surface area is 115 Å². The summed E-state index contributed by atoms with van der Waals surface area (Å²) in [5.41, 5.74) is 0. The van der Waals surface area contributed by atoms with Gasteiger partial charge in [0.05, 0.1) is 6.61 Å². The summed E-state index contributed by atoms with van der Waals surface area (Å²) < 4.78 is 5.58. The smallest absolute Gasteiger partial charge is 0.191 e. The fourth-order valence-corrected chi connectivity index (χ4v) is 1.80. The predicted molar refractivity (Wildman–Crippen MR) is 76.5 cm³/mol. The van der Waals surface area contributed by atoms with E-state index < -0.39 is 0 Å². The highest BCUT2D eigenvalue weighted by atomic mass is 127. The van der Waals surface area contributed by atoms with E-state index in [-0.39, 0.29) is 24.0 Å². The first kappa shape index (κ1) is 14.0. The number of aliphatic imine (C=N–C) groups is 1. The Morgan fingerprint density at radius 2 is 2.25 bits per heavy atom. The fraction of sp³-hybridized carbons (Fsp3) is 0.909. The third kappa shape index (κ3) is 4.86. The van der Waals surface area contributed by atoms with Crippen LogP contribution in [0.2, 0.25) is 0 Å². The summed E-state index contributed by atoms with van der Waals surface area (Å²) in [6.45, 7) is 4.57. The Hall–Kier alpha value is -0.0400. The lowest BCUT2D eigenvalue weighted by Gasteiger charge is -2.25. The topological polar surface area (TPSA) is 45.7 Å². The van der Waals surface area contributed by atoms with Gasteiger partial charge < -0.3 is 15.4 Å². The second-order valence-electron chi connectivity index (χ2n) is 4.31. The number of ether oxygens (including phenoxy) is 1. The summed E-state index contributed by atoms with van der Waals surface area (Å²) in [7, 11) is 0. The molecule has 0 unspecified atom stereocenters. The van der Waals surface area contributed by atoms with Gasteiger partial charge in [-0.1, -0.05) is 6.42 Å². The second-order valence-corrected chi connectivity index (χ2v) is 4.31. The summed E-state index contributed by atoms with van der Waals surface area (Å²) in [6.07, 6.45) is 5.26. The molecule has 1 aliphatic heterocycles. The molecule has 2 aliphatic rings. The Balaban J connectivity index is 0.00000128. The van der Waals surface area contributed by atoms with Crippen molar-refractivity contribution in [2.75, 3.05) is 32.8 Å². The van der Waals surface area contributed by atoms with E-state index in [1.165, 1.54) is 19.3 Å². The predicted octanol–water partition coefficient (Wildman–Crippen LogP) is 1.36. The zero-order valence-corrected chi connectivity index (χ0v) is 12.0. The van der Waals surface area contributed by atoms with Crippen LogP contribution in [0.25, 0.3) is 0 Å². The minimum absolute atomic E-state index is 0. The van der Waals surface area contributed by atoms with Gasteiger partial charge in [-0.05, 0) is 25.2 Å². The molecule has 0 saturated heterocycles. The van der Waals surface area contributed by atoms with Crippen LogP contribution < -0.4 is 10.6 Å². The van der Waals surface area contributed by atoms with Crippen molar-refractivity contribution in [3.63, 3.8) is 0 Å². The number of hydrogen-bond acceptors (Lipinski definition) is 4. The van der Waals surface area contributed by atoms with E-state index in [0.717, 1.165) is 51.1 Å². The lowest BCUT2D eigenvalue weighted by Crippen LogP contribution is -2.42. The van der Waals surface area contributed by atoms with E-state index in [0.29, 0.717) is 0 Å². The summed E-state index contributed by atoms with van der Waals surface area (Å²) in [6, 6.07) is 0. The van der Waals surface area contributed by atoms with Gasteiger partial charge in [0.15, 0.2) is 5.96 Å². The number of rotatable bonds is 5. The SMILES string of the molecule is C1CN=C(NCCOCC2CCC2)NC1.I. The second kappa shape index (κ2) is 8.11. The molecule has 4 nitrogen and oxygen atoms in total. The first-order valence-corrected chi connectivity index (χ1v) is 6.05. The molecule has 2 rings (SSSR count). The molecule has 0 spiro atoms. The van der Waals surface area contributed by atoms with Crippen molar-refractivity contribution in [3.05, 3.63) is 0 Å². The molecule has 94 valence electrons. The zero-order chi connectivity index (χ0) is 10.3. The Bertz CT molecular complexity index is 219. The first-order valence-electron chi connectivity index (χ1n) is 6.05. The van der Waals surface area contributed by atoms with Gasteiger partial charge in [-0.2, -0.15) is 0 Å². The van der Waals surface area contributed by atoms with Crippen LogP contribution in [0.3, 0.4) is 0 Å². The molecule has 1 saturated carbocycles. The highest BCUT2D eigenvalue weighted by molar-refractivity contribution is 14.0. The standard InChI is InChI=1S/C11H21N3O.HI/c1-3-10(4-1)9-15-8-7-14-11-12-5-2-6-13-11;/h10H,1-9H2,(H2,12,13,14);1H. The van der Waals surface area contributed by atoms with Crippen LogP contribution in [0.1, 0.15) is 25.7 Å². The molecular weight excluding hydrogens is 317 g/mol. The van der Waals surface area contributed by atoms with Gasteiger partial charge in [-0.25, -0.2) is 0 Å². The molecule has 0 bridgehead atoms. The summed E-state index contributed by atoms with van der Waals surface area (Å²) >= 11 is 0. The van der Waals surface area contributed by atoms with Crippen LogP contribution in [0.4, 0.5) is 0 Å². The highest BCUT2D eigenvalue weighted by Gasteiger charge is 2.16.